The highest BCUT2D eigenvalue weighted by molar-refractivity contribution is 5.81. The number of hydrogen-bond acceptors (Lipinski definition) is 2. The van der Waals surface area contributed by atoms with Crippen molar-refractivity contribution in [1.29, 1.82) is 0 Å². The second kappa shape index (κ2) is 5.43. The molecule has 2 rings (SSSR count). The van der Waals surface area contributed by atoms with Gasteiger partial charge in [-0.3, -0.25) is 9.59 Å². The fraction of sp³-hybridized carbons (Fsp3) is 0.467. The van der Waals surface area contributed by atoms with Crippen molar-refractivity contribution in [3.63, 3.8) is 0 Å². The molecule has 0 unspecified atom stereocenters. The maximum atomic E-state index is 12.0. The lowest BCUT2D eigenvalue weighted by Crippen LogP contribution is -2.33. The molecule has 1 amide bonds. The average Bonchev–Trinajstić information content (AvgIpc) is 2.83. The van der Waals surface area contributed by atoms with Crippen LogP contribution in [0.3, 0.4) is 0 Å². The lowest BCUT2D eigenvalue weighted by molar-refractivity contribution is -0.142. The summed E-state index contributed by atoms with van der Waals surface area (Å²) < 4.78 is 0. The van der Waals surface area contributed by atoms with Crippen LogP contribution in [-0.4, -0.2) is 35.0 Å². The van der Waals surface area contributed by atoms with Crippen molar-refractivity contribution in [3.05, 3.63) is 35.9 Å². The summed E-state index contributed by atoms with van der Waals surface area (Å²) in [4.78, 5) is 25.1. The van der Waals surface area contributed by atoms with Gasteiger partial charge < -0.3 is 10.0 Å². The van der Waals surface area contributed by atoms with Crippen LogP contribution in [0.5, 0.6) is 0 Å². The highest BCUT2D eigenvalue weighted by atomic mass is 16.4. The molecular formula is C15H19NO3. The number of amides is 1. The van der Waals surface area contributed by atoms with E-state index in [2.05, 4.69) is 0 Å². The Balaban J connectivity index is 2.23. The third-order valence-corrected chi connectivity index (χ3v) is 3.67. The van der Waals surface area contributed by atoms with E-state index in [1.54, 1.807) is 4.90 Å². The second-order valence-electron chi connectivity index (χ2n) is 5.36. The Morgan fingerprint density at radius 3 is 2.37 bits per heavy atom. The standard InChI is InChI=1S/C15H19NO3/c1-10(2)14(17)16-8-12(13(9-16)15(18)19)11-6-4-3-5-7-11/h3-7,10,12-13H,8-9H2,1-2H3,(H,18,19)/t12-,13-/m0/s1. The molecule has 1 aromatic carbocycles. The van der Waals surface area contributed by atoms with Crippen LogP contribution in [0, 0.1) is 11.8 Å². The molecule has 4 heteroatoms. The molecule has 19 heavy (non-hydrogen) atoms. The van der Waals surface area contributed by atoms with E-state index < -0.39 is 11.9 Å². The number of hydrogen-bond donors (Lipinski definition) is 1. The summed E-state index contributed by atoms with van der Waals surface area (Å²) in [5, 5.41) is 9.35. The number of carbonyl (C=O) groups excluding carboxylic acids is 1. The molecule has 0 saturated carbocycles. The Labute approximate surface area is 113 Å². The third kappa shape index (κ3) is 2.78. The molecule has 1 fully saturated rings. The number of carboxylic acid groups (broad SMARTS) is 1. The summed E-state index contributed by atoms with van der Waals surface area (Å²) in [6, 6.07) is 9.58. The first-order valence-corrected chi connectivity index (χ1v) is 6.57. The van der Waals surface area contributed by atoms with Gasteiger partial charge in [0.05, 0.1) is 5.92 Å². The zero-order chi connectivity index (χ0) is 14.0. The largest absolute Gasteiger partial charge is 0.481 e. The molecule has 4 nitrogen and oxygen atoms in total. The van der Waals surface area contributed by atoms with Crippen LogP contribution in [0.2, 0.25) is 0 Å². The molecule has 1 aliphatic rings. The van der Waals surface area contributed by atoms with Gasteiger partial charge in [-0.05, 0) is 5.56 Å². The summed E-state index contributed by atoms with van der Waals surface area (Å²) in [7, 11) is 0. The van der Waals surface area contributed by atoms with Crippen molar-refractivity contribution in [2.45, 2.75) is 19.8 Å². The van der Waals surface area contributed by atoms with Crippen molar-refractivity contribution in [1.82, 2.24) is 4.90 Å². The molecule has 0 spiro atoms. The van der Waals surface area contributed by atoms with Gasteiger partial charge in [-0.15, -0.1) is 0 Å². The van der Waals surface area contributed by atoms with Gasteiger partial charge in [0.15, 0.2) is 0 Å². The maximum Gasteiger partial charge on any atom is 0.308 e. The highest BCUT2D eigenvalue weighted by Gasteiger charge is 2.40. The zero-order valence-electron chi connectivity index (χ0n) is 11.2. The number of aliphatic carboxylic acids is 1. The van der Waals surface area contributed by atoms with Gasteiger partial charge in [0, 0.05) is 24.9 Å². The number of carboxylic acids is 1. The van der Waals surface area contributed by atoms with Crippen molar-refractivity contribution >= 4 is 11.9 Å². The van der Waals surface area contributed by atoms with Crippen LogP contribution < -0.4 is 0 Å². The molecule has 1 heterocycles. The van der Waals surface area contributed by atoms with Gasteiger partial charge >= 0.3 is 5.97 Å². The van der Waals surface area contributed by atoms with Gasteiger partial charge in [0.25, 0.3) is 0 Å². The van der Waals surface area contributed by atoms with Crippen LogP contribution in [0.15, 0.2) is 30.3 Å². The van der Waals surface area contributed by atoms with Crippen LogP contribution >= 0.6 is 0 Å². The Morgan fingerprint density at radius 2 is 1.84 bits per heavy atom. The molecule has 0 aromatic heterocycles. The van der Waals surface area contributed by atoms with Gasteiger partial charge in [-0.1, -0.05) is 44.2 Å². The molecule has 1 saturated heterocycles. The van der Waals surface area contributed by atoms with Gasteiger partial charge in [0.2, 0.25) is 5.91 Å². The van der Waals surface area contributed by atoms with E-state index in [1.807, 2.05) is 44.2 Å². The van der Waals surface area contributed by atoms with E-state index in [0.717, 1.165) is 5.56 Å². The molecule has 1 aromatic rings. The van der Waals surface area contributed by atoms with Crippen LogP contribution in [0.25, 0.3) is 0 Å². The van der Waals surface area contributed by atoms with E-state index >= 15 is 0 Å². The lowest BCUT2D eigenvalue weighted by Gasteiger charge is -2.18. The van der Waals surface area contributed by atoms with E-state index in [1.165, 1.54) is 0 Å². The topological polar surface area (TPSA) is 57.6 Å². The molecular weight excluding hydrogens is 242 g/mol. The second-order valence-corrected chi connectivity index (χ2v) is 5.36. The van der Waals surface area contributed by atoms with E-state index in [0.29, 0.717) is 13.1 Å². The van der Waals surface area contributed by atoms with E-state index in [4.69, 9.17) is 0 Å². The predicted molar refractivity (Wildman–Crippen MR) is 71.7 cm³/mol. The normalized spacial score (nSPS) is 22.8. The molecule has 0 bridgehead atoms. The van der Waals surface area contributed by atoms with Crippen LogP contribution in [0.4, 0.5) is 0 Å². The molecule has 1 N–H and O–H groups in total. The first-order chi connectivity index (χ1) is 9.00. The van der Waals surface area contributed by atoms with E-state index in [9.17, 15) is 14.7 Å². The Hall–Kier alpha value is -1.84. The van der Waals surface area contributed by atoms with Gasteiger partial charge in [-0.25, -0.2) is 0 Å². The number of nitrogens with zero attached hydrogens (tertiary/aromatic N) is 1. The highest BCUT2D eigenvalue weighted by Crippen LogP contribution is 2.33. The average molecular weight is 261 g/mol. The van der Waals surface area contributed by atoms with Crippen molar-refractivity contribution in [2.75, 3.05) is 13.1 Å². The van der Waals surface area contributed by atoms with Crippen molar-refractivity contribution in [3.8, 4) is 0 Å². The number of rotatable bonds is 3. The van der Waals surface area contributed by atoms with Gasteiger partial charge in [0.1, 0.15) is 0 Å². The predicted octanol–water partition coefficient (Wildman–Crippen LogP) is 1.97. The molecule has 0 aliphatic carbocycles. The maximum absolute atomic E-state index is 12.0. The first-order valence-electron chi connectivity index (χ1n) is 6.57. The minimum atomic E-state index is -0.826. The summed E-state index contributed by atoms with van der Waals surface area (Å²) in [6.07, 6.45) is 0. The SMILES string of the molecule is CC(C)C(=O)N1C[C@H](C(=O)O)[C@H](c2ccccc2)C1. The number of benzene rings is 1. The van der Waals surface area contributed by atoms with Crippen molar-refractivity contribution in [2.24, 2.45) is 11.8 Å². The molecule has 102 valence electrons. The smallest absolute Gasteiger partial charge is 0.308 e. The summed E-state index contributed by atoms with van der Waals surface area (Å²) in [5.41, 5.74) is 0.994. The third-order valence-electron chi connectivity index (χ3n) is 3.67. The summed E-state index contributed by atoms with van der Waals surface area (Å²) in [5.74, 6) is -1.51. The Bertz CT molecular complexity index is 470. The monoisotopic (exact) mass is 261 g/mol. The first kappa shape index (κ1) is 13.6. The minimum Gasteiger partial charge on any atom is -0.481 e. The van der Waals surface area contributed by atoms with Gasteiger partial charge in [-0.2, -0.15) is 0 Å². The van der Waals surface area contributed by atoms with Crippen LogP contribution in [0.1, 0.15) is 25.3 Å². The Morgan fingerprint density at radius 1 is 1.21 bits per heavy atom. The number of likely N-dealkylation sites (tertiary alicyclic amines) is 1. The Kier molecular flexibility index (Phi) is 3.88. The fourth-order valence-corrected chi connectivity index (χ4v) is 2.64. The molecule has 2 atom stereocenters. The minimum absolute atomic E-state index is 0.0321. The zero-order valence-corrected chi connectivity index (χ0v) is 11.2. The molecule has 1 aliphatic heterocycles. The van der Waals surface area contributed by atoms with E-state index in [-0.39, 0.29) is 17.7 Å². The van der Waals surface area contributed by atoms with Crippen LogP contribution in [-0.2, 0) is 9.59 Å². The lowest BCUT2D eigenvalue weighted by atomic mass is 9.89. The quantitative estimate of drug-likeness (QED) is 0.905. The fourth-order valence-electron chi connectivity index (χ4n) is 2.64. The number of carbonyl (C=O) groups is 2. The van der Waals surface area contributed by atoms with Crippen molar-refractivity contribution < 1.29 is 14.7 Å². The summed E-state index contributed by atoms with van der Waals surface area (Å²) in [6.45, 7) is 4.49. The molecule has 0 radical (unpaired) electrons. The summed E-state index contributed by atoms with van der Waals surface area (Å²) >= 11 is 0.